The highest BCUT2D eigenvalue weighted by Crippen LogP contribution is 2.28. The minimum Gasteiger partial charge on any atom is -0.383 e. The molecule has 1 aliphatic carbocycles. The van der Waals surface area contributed by atoms with Crippen LogP contribution in [0.3, 0.4) is 0 Å². The van der Waals surface area contributed by atoms with E-state index in [0.717, 1.165) is 41.6 Å². The molecule has 5 nitrogen and oxygen atoms in total. The molecule has 1 unspecified atom stereocenters. The van der Waals surface area contributed by atoms with Crippen LogP contribution in [-0.4, -0.2) is 11.0 Å². The zero-order valence-electron chi connectivity index (χ0n) is 13.0. The maximum Gasteiger partial charge on any atom is 0.142 e. The third kappa shape index (κ3) is 3.34. The van der Waals surface area contributed by atoms with Gasteiger partial charge in [0.05, 0.1) is 18.8 Å². The third-order valence-corrected chi connectivity index (χ3v) is 4.21. The Labute approximate surface area is 135 Å². The third-order valence-electron chi connectivity index (χ3n) is 4.21. The number of pyridine rings is 1. The molecule has 3 rings (SSSR count). The number of anilines is 1. The number of hydrogen-bond acceptors (Lipinski definition) is 5. The number of aryl methyl sites for hydroxylation is 1. The van der Waals surface area contributed by atoms with Crippen molar-refractivity contribution in [2.45, 2.75) is 38.5 Å². The maximum atomic E-state index is 9.43. The second-order valence-electron chi connectivity index (χ2n) is 5.87. The van der Waals surface area contributed by atoms with E-state index < -0.39 is 0 Å². The van der Waals surface area contributed by atoms with Gasteiger partial charge in [-0.1, -0.05) is 30.3 Å². The number of nitrogens with zero attached hydrogens (tertiary/aromatic N) is 2. The minimum absolute atomic E-state index is 0.104. The summed E-state index contributed by atoms with van der Waals surface area (Å²) in [4.78, 5) is 4.39. The van der Waals surface area contributed by atoms with Crippen molar-refractivity contribution in [1.82, 2.24) is 4.98 Å². The highest BCUT2D eigenvalue weighted by atomic mass is 16.5. The molecule has 0 amide bonds. The van der Waals surface area contributed by atoms with Crippen LogP contribution in [0, 0.1) is 11.3 Å². The van der Waals surface area contributed by atoms with Crippen LogP contribution >= 0.6 is 0 Å². The second kappa shape index (κ2) is 6.78. The largest absolute Gasteiger partial charge is 0.383 e. The molecule has 4 N–H and O–H groups in total. The summed E-state index contributed by atoms with van der Waals surface area (Å²) in [6.07, 6.45) is 2.43. The Kier molecular flexibility index (Phi) is 4.56. The number of nitriles is 1. The molecular weight excluding hydrogens is 288 g/mol. The van der Waals surface area contributed by atoms with Crippen molar-refractivity contribution in [2.24, 2.45) is 5.73 Å². The average Bonchev–Trinajstić information content (AvgIpc) is 2.56. The summed E-state index contributed by atoms with van der Waals surface area (Å²) in [6.45, 7) is 0.842. The van der Waals surface area contributed by atoms with E-state index in [2.05, 4.69) is 11.1 Å². The number of benzene rings is 1. The molecule has 0 radical (unpaired) electrons. The molecule has 2 aromatic rings. The first kappa shape index (κ1) is 15.5. The van der Waals surface area contributed by atoms with Gasteiger partial charge in [-0.15, -0.1) is 0 Å². The summed E-state index contributed by atoms with van der Waals surface area (Å²) in [5, 5.41) is 9.43. The first-order chi connectivity index (χ1) is 11.2. The summed E-state index contributed by atoms with van der Waals surface area (Å²) in [6, 6.07) is 12.2. The second-order valence-corrected chi connectivity index (χ2v) is 5.87. The lowest BCUT2D eigenvalue weighted by atomic mass is 9.87. The standard InChI is InChI=1S/C18H20N4O/c19-9-15-16(11-23-10-12-4-2-1-3-5-12)14-8-13(20)6-7-17(14)22-18(15)21/h1-5,13H,6-8,10-11,20H2,(H2,21,22). The molecule has 5 heteroatoms. The lowest BCUT2D eigenvalue weighted by Gasteiger charge is -2.24. The quantitative estimate of drug-likeness (QED) is 0.901. The zero-order valence-corrected chi connectivity index (χ0v) is 13.0. The van der Waals surface area contributed by atoms with Crippen molar-refractivity contribution in [3.63, 3.8) is 0 Å². The molecule has 23 heavy (non-hydrogen) atoms. The fourth-order valence-corrected chi connectivity index (χ4v) is 3.01. The molecule has 118 valence electrons. The van der Waals surface area contributed by atoms with Crippen LogP contribution in [-0.2, 0) is 30.8 Å². The number of fused-ring (bicyclic) bond motifs is 1. The highest BCUT2D eigenvalue weighted by molar-refractivity contribution is 5.57. The van der Waals surface area contributed by atoms with Crippen LogP contribution in [0.15, 0.2) is 30.3 Å². The van der Waals surface area contributed by atoms with E-state index in [9.17, 15) is 5.26 Å². The molecular formula is C18H20N4O. The van der Waals surface area contributed by atoms with E-state index in [1.807, 2.05) is 30.3 Å². The van der Waals surface area contributed by atoms with Crippen LogP contribution in [0.5, 0.6) is 0 Å². The van der Waals surface area contributed by atoms with Gasteiger partial charge in [0.1, 0.15) is 11.9 Å². The summed E-state index contributed by atoms with van der Waals surface area (Å²) in [5.41, 5.74) is 16.4. The Balaban J connectivity index is 1.85. The molecule has 1 aromatic heterocycles. The monoisotopic (exact) mass is 308 g/mol. The smallest absolute Gasteiger partial charge is 0.142 e. The lowest BCUT2D eigenvalue weighted by molar-refractivity contribution is 0.106. The van der Waals surface area contributed by atoms with Gasteiger partial charge in [0.2, 0.25) is 0 Å². The van der Waals surface area contributed by atoms with Crippen molar-refractivity contribution >= 4 is 5.82 Å². The van der Waals surface area contributed by atoms with Crippen molar-refractivity contribution < 1.29 is 4.74 Å². The normalized spacial score (nSPS) is 16.6. The summed E-state index contributed by atoms with van der Waals surface area (Å²) in [5.74, 6) is 0.292. The lowest BCUT2D eigenvalue weighted by Crippen LogP contribution is -2.30. The van der Waals surface area contributed by atoms with E-state index in [-0.39, 0.29) is 6.04 Å². The molecule has 0 saturated carbocycles. The molecule has 1 atom stereocenters. The molecule has 0 fully saturated rings. The first-order valence-electron chi connectivity index (χ1n) is 7.76. The Hall–Kier alpha value is -2.42. The number of rotatable bonds is 4. The molecule has 0 aliphatic heterocycles. The van der Waals surface area contributed by atoms with Crippen LogP contribution in [0.4, 0.5) is 5.82 Å². The molecule has 1 aliphatic rings. The number of aromatic nitrogens is 1. The van der Waals surface area contributed by atoms with Gasteiger partial charge < -0.3 is 16.2 Å². The van der Waals surface area contributed by atoms with Crippen LogP contribution < -0.4 is 11.5 Å². The van der Waals surface area contributed by atoms with Gasteiger partial charge in [0, 0.05) is 17.3 Å². The predicted molar refractivity (Wildman–Crippen MR) is 88.3 cm³/mol. The summed E-state index contributed by atoms with van der Waals surface area (Å²) < 4.78 is 5.83. The Morgan fingerprint density at radius 3 is 2.78 bits per heavy atom. The Bertz CT molecular complexity index is 737. The summed E-state index contributed by atoms with van der Waals surface area (Å²) >= 11 is 0. The van der Waals surface area contributed by atoms with Crippen molar-refractivity contribution in [1.29, 1.82) is 5.26 Å². The van der Waals surface area contributed by atoms with E-state index in [0.29, 0.717) is 24.6 Å². The number of nitrogens with two attached hydrogens (primary N) is 2. The van der Waals surface area contributed by atoms with Crippen LogP contribution in [0.2, 0.25) is 0 Å². The number of nitrogen functional groups attached to an aromatic ring is 1. The topological polar surface area (TPSA) is 98.0 Å². The fourth-order valence-electron chi connectivity index (χ4n) is 3.01. The highest BCUT2D eigenvalue weighted by Gasteiger charge is 2.24. The molecule has 0 bridgehead atoms. The van der Waals surface area contributed by atoms with E-state index >= 15 is 0 Å². The Morgan fingerprint density at radius 1 is 1.26 bits per heavy atom. The predicted octanol–water partition coefficient (Wildman–Crippen LogP) is 2.07. The maximum absolute atomic E-state index is 9.43. The minimum atomic E-state index is 0.104. The van der Waals surface area contributed by atoms with Crippen LogP contribution in [0.1, 0.15) is 34.4 Å². The fraction of sp³-hybridized carbons (Fsp3) is 0.333. The van der Waals surface area contributed by atoms with E-state index in [1.54, 1.807) is 0 Å². The van der Waals surface area contributed by atoms with Crippen molar-refractivity contribution in [3.05, 3.63) is 58.3 Å². The number of hydrogen-bond donors (Lipinski definition) is 2. The van der Waals surface area contributed by atoms with Gasteiger partial charge in [0.15, 0.2) is 0 Å². The van der Waals surface area contributed by atoms with Crippen molar-refractivity contribution in [3.8, 4) is 6.07 Å². The van der Waals surface area contributed by atoms with Gasteiger partial charge in [-0.2, -0.15) is 5.26 Å². The van der Waals surface area contributed by atoms with Crippen molar-refractivity contribution in [2.75, 3.05) is 5.73 Å². The van der Waals surface area contributed by atoms with Gasteiger partial charge >= 0.3 is 0 Å². The molecule has 1 heterocycles. The molecule has 0 spiro atoms. The van der Waals surface area contributed by atoms with Gasteiger partial charge in [0.25, 0.3) is 0 Å². The van der Waals surface area contributed by atoms with E-state index in [1.165, 1.54) is 0 Å². The SMILES string of the molecule is N#Cc1c(N)nc2c(c1COCc1ccccc1)CC(N)CC2. The molecule has 0 saturated heterocycles. The van der Waals surface area contributed by atoms with Gasteiger partial charge in [-0.25, -0.2) is 4.98 Å². The number of ether oxygens (including phenoxy) is 1. The summed E-state index contributed by atoms with van der Waals surface area (Å²) in [7, 11) is 0. The van der Waals surface area contributed by atoms with Gasteiger partial charge in [-0.05, 0) is 30.4 Å². The van der Waals surface area contributed by atoms with Crippen LogP contribution in [0.25, 0.3) is 0 Å². The zero-order chi connectivity index (χ0) is 16.2. The first-order valence-corrected chi connectivity index (χ1v) is 7.76. The van der Waals surface area contributed by atoms with Gasteiger partial charge in [-0.3, -0.25) is 0 Å². The van der Waals surface area contributed by atoms with E-state index in [4.69, 9.17) is 16.2 Å². The Morgan fingerprint density at radius 2 is 2.04 bits per heavy atom. The average molecular weight is 308 g/mol. The molecule has 1 aromatic carbocycles.